The van der Waals surface area contributed by atoms with Gasteiger partial charge in [-0.05, 0) is 12.8 Å². The number of nitrogens with zero attached hydrogens (tertiary/aromatic N) is 1. The molecular weight excluding hydrogens is 166 g/mol. The second-order valence-electron chi connectivity index (χ2n) is 3.63. The first-order valence-electron chi connectivity index (χ1n) is 5.02. The van der Waals surface area contributed by atoms with E-state index in [-0.39, 0.29) is 0 Å². The molecule has 0 aromatic rings. The summed E-state index contributed by atoms with van der Waals surface area (Å²) in [5.41, 5.74) is 5.35. The van der Waals surface area contributed by atoms with Gasteiger partial charge in [0.2, 0.25) is 0 Å². The van der Waals surface area contributed by atoms with Crippen molar-refractivity contribution in [3.63, 3.8) is 0 Å². The molecule has 0 aromatic carbocycles. The molecule has 0 saturated heterocycles. The van der Waals surface area contributed by atoms with Gasteiger partial charge in [0, 0.05) is 19.0 Å². The summed E-state index contributed by atoms with van der Waals surface area (Å²) < 4.78 is 0. The van der Waals surface area contributed by atoms with Crippen LogP contribution in [0, 0.1) is 0 Å². The first-order valence-corrected chi connectivity index (χ1v) is 5.02. The smallest absolute Gasteiger partial charge is 0.140 e. The van der Waals surface area contributed by atoms with Crippen LogP contribution in [0.15, 0.2) is 5.16 Å². The molecule has 0 unspecified atom stereocenters. The molecule has 0 spiro atoms. The highest BCUT2D eigenvalue weighted by atomic mass is 16.4. The van der Waals surface area contributed by atoms with Crippen molar-refractivity contribution in [1.29, 1.82) is 0 Å². The Kier molecular flexibility index (Phi) is 4.60. The molecule has 0 bridgehead atoms. The van der Waals surface area contributed by atoms with Crippen molar-refractivity contribution in [2.24, 2.45) is 10.9 Å². The van der Waals surface area contributed by atoms with E-state index in [0.29, 0.717) is 18.3 Å². The molecule has 0 heterocycles. The Morgan fingerprint density at radius 2 is 2.08 bits per heavy atom. The van der Waals surface area contributed by atoms with E-state index in [1.165, 1.54) is 32.1 Å². The van der Waals surface area contributed by atoms with Gasteiger partial charge >= 0.3 is 0 Å². The second-order valence-corrected chi connectivity index (χ2v) is 3.63. The Bertz CT molecular complexity index is 164. The number of hydrogen-bond donors (Lipinski definition) is 3. The summed E-state index contributed by atoms with van der Waals surface area (Å²) in [6.07, 6.45) is 7.22. The fraction of sp³-hybridized carbons (Fsp3) is 0.889. The van der Waals surface area contributed by atoms with Gasteiger partial charge in [0.05, 0.1) is 0 Å². The third-order valence-corrected chi connectivity index (χ3v) is 2.55. The quantitative estimate of drug-likeness (QED) is 0.265. The number of amidine groups is 1. The van der Waals surface area contributed by atoms with Crippen LogP contribution in [0.2, 0.25) is 0 Å². The van der Waals surface area contributed by atoms with Crippen molar-refractivity contribution in [1.82, 2.24) is 5.32 Å². The minimum atomic E-state index is 0.309. The zero-order chi connectivity index (χ0) is 9.52. The fourth-order valence-corrected chi connectivity index (χ4v) is 1.76. The lowest BCUT2D eigenvalue weighted by Gasteiger charge is -2.22. The van der Waals surface area contributed by atoms with Crippen LogP contribution in [0.4, 0.5) is 0 Å². The van der Waals surface area contributed by atoms with Crippen LogP contribution in [0.1, 0.15) is 38.5 Å². The molecule has 1 fully saturated rings. The molecule has 1 aliphatic rings. The summed E-state index contributed by atoms with van der Waals surface area (Å²) in [7, 11) is 0. The van der Waals surface area contributed by atoms with E-state index in [0.717, 1.165) is 6.54 Å². The number of hydrogen-bond acceptors (Lipinski definition) is 3. The Hall–Kier alpha value is -0.770. The summed E-state index contributed by atoms with van der Waals surface area (Å²) in [5, 5.41) is 14.6. The standard InChI is InChI=1S/C9H19N3O/c10-9(12-13)6-7-11-8-4-2-1-3-5-8/h8,11,13H,1-7H2,(H2,10,12). The molecule has 0 aromatic heterocycles. The van der Waals surface area contributed by atoms with Crippen molar-refractivity contribution in [3.8, 4) is 0 Å². The van der Waals surface area contributed by atoms with Crippen LogP contribution in [0.25, 0.3) is 0 Å². The van der Waals surface area contributed by atoms with E-state index in [9.17, 15) is 0 Å². The molecule has 1 rings (SSSR count). The monoisotopic (exact) mass is 185 g/mol. The number of oxime groups is 1. The van der Waals surface area contributed by atoms with Crippen LogP contribution >= 0.6 is 0 Å². The average molecular weight is 185 g/mol. The molecule has 0 atom stereocenters. The summed E-state index contributed by atoms with van der Waals surface area (Å²) >= 11 is 0. The van der Waals surface area contributed by atoms with Crippen molar-refractivity contribution < 1.29 is 5.21 Å². The first kappa shape index (κ1) is 10.3. The van der Waals surface area contributed by atoms with Gasteiger partial charge in [0.25, 0.3) is 0 Å². The molecule has 1 saturated carbocycles. The molecule has 76 valence electrons. The zero-order valence-corrected chi connectivity index (χ0v) is 8.00. The van der Waals surface area contributed by atoms with Gasteiger partial charge in [-0.1, -0.05) is 24.4 Å². The van der Waals surface area contributed by atoms with E-state index >= 15 is 0 Å². The van der Waals surface area contributed by atoms with Gasteiger partial charge in [0.1, 0.15) is 5.84 Å². The maximum absolute atomic E-state index is 8.31. The summed E-state index contributed by atoms with van der Waals surface area (Å²) in [6, 6.07) is 0.653. The first-order chi connectivity index (χ1) is 6.33. The van der Waals surface area contributed by atoms with Crippen molar-refractivity contribution in [2.75, 3.05) is 6.54 Å². The van der Waals surface area contributed by atoms with E-state index in [2.05, 4.69) is 10.5 Å². The molecule has 0 aliphatic heterocycles. The third kappa shape index (κ3) is 4.12. The summed E-state index contributed by atoms with van der Waals surface area (Å²) in [4.78, 5) is 0. The van der Waals surface area contributed by atoms with Gasteiger partial charge in [-0.25, -0.2) is 0 Å². The van der Waals surface area contributed by atoms with Crippen molar-refractivity contribution in [2.45, 2.75) is 44.6 Å². The maximum Gasteiger partial charge on any atom is 0.140 e. The highest BCUT2D eigenvalue weighted by Crippen LogP contribution is 2.16. The molecule has 1 aliphatic carbocycles. The molecule has 0 radical (unpaired) electrons. The molecule has 4 heteroatoms. The number of nitrogens with one attached hydrogen (secondary N) is 1. The highest BCUT2D eigenvalue weighted by molar-refractivity contribution is 5.79. The van der Waals surface area contributed by atoms with E-state index in [1.807, 2.05) is 0 Å². The van der Waals surface area contributed by atoms with Gasteiger partial charge in [-0.3, -0.25) is 0 Å². The lowest BCUT2D eigenvalue weighted by atomic mass is 9.95. The van der Waals surface area contributed by atoms with Crippen LogP contribution in [-0.4, -0.2) is 23.6 Å². The SMILES string of the molecule is N/C(CCNC1CCCCC1)=N\O. The Balaban J connectivity index is 2.04. The van der Waals surface area contributed by atoms with Crippen LogP contribution < -0.4 is 11.1 Å². The topological polar surface area (TPSA) is 70.6 Å². The molecular formula is C9H19N3O. The lowest BCUT2D eigenvalue weighted by Crippen LogP contribution is -2.33. The van der Waals surface area contributed by atoms with Gasteiger partial charge in [-0.2, -0.15) is 0 Å². The van der Waals surface area contributed by atoms with E-state index in [4.69, 9.17) is 10.9 Å². The molecule has 4 N–H and O–H groups in total. The van der Waals surface area contributed by atoms with E-state index < -0.39 is 0 Å². The number of rotatable bonds is 4. The predicted octanol–water partition coefficient (Wildman–Crippen LogP) is 1.05. The van der Waals surface area contributed by atoms with Gasteiger partial charge < -0.3 is 16.3 Å². The summed E-state index contributed by atoms with van der Waals surface area (Å²) in [6.45, 7) is 0.820. The normalized spacial score (nSPS) is 20.5. The highest BCUT2D eigenvalue weighted by Gasteiger charge is 2.11. The Labute approximate surface area is 79.2 Å². The third-order valence-electron chi connectivity index (χ3n) is 2.55. The maximum atomic E-state index is 8.31. The molecule has 13 heavy (non-hydrogen) atoms. The second kappa shape index (κ2) is 5.80. The van der Waals surface area contributed by atoms with Gasteiger partial charge in [-0.15, -0.1) is 0 Å². The molecule has 4 nitrogen and oxygen atoms in total. The van der Waals surface area contributed by atoms with Crippen molar-refractivity contribution in [3.05, 3.63) is 0 Å². The lowest BCUT2D eigenvalue weighted by molar-refractivity contribution is 0.316. The van der Waals surface area contributed by atoms with Crippen LogP contribution in [0.3, 0.4) is 0 Å². The van der Waals surface area contributed by atoms with Crippen LogP contribution in [0.5, 0.6) is 0 Å². The van der Waals surface area contributed by atoms with Crippen molar-refractivity contribution >= 4 is 5.84 Å². The average Bonchev–Trinajstić information content (AvgIpc) is 2.19. The fourth-order valence-electron chi connectivity index (χ4n) is 1.76. The largest absolute Gasteiger partial charge is 0.409 e. The summed E-state index contributed by atoms with van der Waals surface area (Å²) in [5.74, 6) is 0.309. The van der Waals surface area contributed by atoms with Crippen LogP contribution in [-0.2, 0) is 0 Å². The Morgan fingerprint density at radius 3 is 2.69 bits per heavy atom. The molecule has 0 amide bonds. The predicted molar refractivity (Wildman–Crippen MR) is 52.9 cm³/mol. The Morgan fingerprint density at radius 1 is 1.38 bits per heavy atom. The van der Waals surface area contributed by atoms with E-state index in [1.54, 1.807) is 0 Å². The number of nitrogens with two attached hydrogens (primary N) is 1. The zero-order valence-electron chi connectivity index (χ0n) is 8.00. The van der Waals surface area contributed by atoms with Gasteiger partial charge in [0.15, 0.2) is 0 Å². The minimum Gasteiger partial charge on any atom is -0.409 e. The minimum absolute atomic E-state index is 0.309.